The molecule has 23 heavy (non-hydrogen) atoms. The first-order valence-corrected chi connectivity index (χ1v) is 8.05. The number of anilines is 1. The van der Waals surface area contributed by atoms with Crippen molar-refractivity contribution in [3.05, 3.63) is 35.5 Å². The number of rotatable bonds is 4. The standard InChI is InChI=1S/C17H21N5O/c1-13-5-4-7-15(11-13)22-19-16(12-18)17(20-22)21-9-3-2-6-14(21)8-10-23/h4-5,7,11,14,23H,2-3,6,8-10H2,1H3. The number of aromatic nitrogens is 3. The predicted octanol–water partition coefficient (Wildman–Crippen LogP) is 2.19. The Labute approximate surface area is 136 Å². The van der Waals surface area contributed by atoms with Crippen LogP contribution in [0.3, 0.4) is 0 Å². The molecule has 6 heteroatoms. The molecule has 1 aliphatic rings. The van der Waals surface area contributed by atoms with Crippen molar-refractivity contribution in [2.45, 2.75) is 38.6 Å². The first-order chi connectivity index (χ1) is 11.2. The van der Waals surface area contributed by atoms with E-state index >= 15 is 0 Å². The molecule has 1 saturated heterocycles. The third-order valence-electron chi connectivity index (χ3n) is 4.30. The van der Waals surface area contributed by atoms with Crippen LogP contribution in [0.15, 0.2) is 24.3 Å². The minimum atomic E-state index is 0.148. The number of nitrogens with zero attached hydrogens (tertiary/aromatic N) is 5. The van der Waals surface area contributed by atoms with Gasteiger partial charge in [0, 0.05) is 19.2 Å². The molecule has 0 radical (unpaired) electrons. The topological polar surface area (TPSA) is 78.0 Å². The number of hydrogen-bond donors (Lipinski definition) is 1. The second-order valence-electron chi connectivity index (χ2n) is 5.97. The van der Waals surface area contributed by atoms with Crippen LogP contribution in [0.25, 0.3) is 5.69 Å². The summed E-state index contributed by atoms with van der Waals surface area (Å²) >= 11 is 0. The van der Waals surface area contributed by atoms with E-state index in [1.165, 1.54) is 4.80 Å². The van der Waals surface area contributed by atoms with Crippen LogP contribution in [0.5, 0.6) is 0 Å². The van der Waals surface area contributed by atoms with Gasteiger partial charge in [0.05, 0.1) is 5.69 Å². The van der Waals surface area contributed by atoms with E-state index in [1.807, 2.05) is 31.2 Å². The number of piperidine rings is 1. The fraction of sp³-hybridized carbons (Fsp3) is 0.471. The van der Waals surface area contributed by atoms with Gasteiger partial charge in [-0.15, -0.1) is 15.0 Å². The van der Waals surface area contributed by atoms with E-state index in [0.717, 1.165) is 37.1 Å². The number of aryl methyl sites for hydroxylation is 1. The van der Waals surface area contributed by atoms with Crippen molar-refractivity contribution in [3.8, 4) is 11.8 Å². The molecule has 2 heterocycles. The Balaban J connectivity index is 1.97. The quantitative estimate of drug-likeness (QED) is 0.936. The van der Waals surface area contributed by atoms with Crippen LogP contribution in [0.1, 0.15) is 36.9 Å². The average molecular weight is 311 g/mol. The summed E-state index contributed by atoms with van der Waals surface area (Å²) in [5.74, 6) is 0.632. The molecule has 1 fully saturated rings. The lowest BCUT2D eigenvalue weighted by atomic mass is 9.99. The number of aliphatic hydroxyl groups excluding tert-OH is 1. The second kappa shape index (κ2) is 6.80. The summed E-state index contributed by atoms with van der Waals surface area (Å²) < 4.78 is 0. The normalized spacial score (nSPS) is 18.0. The summed E-state index contributed by atoms with van der Waals surface area (Å²) in [6, 6.07) is 10.3. The predicted molar refractivity (Wildman–Crippen MR) is 87.5 cm³/mol. The molecule has 1 unspecified atom stereocenters. The summed E-state index contributed by atoms with van der Waals surface area (Å²) in [5, 5.41) is 27.7. The minimum Gasteiger partial charge on any atom is -0.396 e. The molecule has 0 amide bonds. The number of hydrogen-bond acceptors (Lipinski definition) is 5. The van der Waals surface area contributed by atoms with E-state index in [9.17, 15) is 10.4 Å². The van der Waals surface area contributed by atoms with Crippen LogP contribution in [0.4, 0.5) is 5.82 Å². The summed E-state index contributed by atoms with van der Waals surface area (Å²) in [7, 11) is 0. The van der Waals surface area contributed by atoms with Gasteiger partial charge < -0.3 is 10.0 Å². The molecule has 0 spiro atoms. The molecule has 2 aromatic rings. The summed E-state index contributed by atoms with van der Waals surface area (Å²) in [6.45, 7) is 3.02. The lowest BCUT2D eigenvalue weighted by Crippen LogP contribution is -2.40. The van der Waals surface area contributed by atoms with Crippen molar-refractivity contribution >= 4 is 5.82 Å². The van der Waals surface area contributed by atoms with Gasteiger partial charge in [-0.05, 0) is 50.3 Å². The Bertz CT molecular complexity index is 716. The summed E-state index contributed by atoms with van der Waals surface area (Å²) in [4.78, 5) is 3.67. The maximum Gasteiger partial charge on any atom is 0.207 e. The molecule has 1 N–H and O–H groups in total. The highest BCUT2D eigenvalue weighted by Gasteiger charge is 2.27. The van der Waals surface area contributed by atoms with Gasteiger partial charge in [-0.1, -0.05) is 12.1 Å². The van der Waals surface area contributed by atoms with E-state index < -0.39 is 0 Å². The third-order valence-corrected chi connectivity index (χ3v) is 4.30. The lowest BCUT2D eigenvalue weighted by Gasteiger charge is -2.35. The van der Waals surface area contributed by atoms with Crippen LogP contribution in [0, 0.1) is 18.3 Å². The van der Waals surface area contributed by atoms with Crippen molar-refractivity contribution in [2.75, 3.05) is 18.1 Å². The summed E-state index contributed by atoms with van der Waals surface area (Å²) in [6.07, 6.45) is 3.93. The summed E-state index contributed by atoms with van der Waals surface area (Å²) in [5.41, 5.74) is 2.32. The number of aliphatic hydroxyl groups is 1. The molecule has 3 rings (SSSR count). The van der Waals surface area contributed by atoms with Crippen LogP contribution < -0.4 is 4.90 Å². The highest BCUT2D eigenvalue weighted by atomic mass is 16.3. The third kappa shape index (κ3) is 3.20. The molecule has 1 atom stereocenters. The highest BCUT2D eigenvalue weighted by Crippen LogP contribution is 2.27. The number of nitriles is 1. The van der Waals surface area contributed by atoms with Gasteiger partial charge in [-0.2, -0.15) is 5.26 Å². The zero-order valence-electron chi connectivity index (χ0n) is 13.3. The highest BCUT2D eigenvalue weighted by molar-refractivity contribution is 5.51. The molecule has 0 saturated carbocycles. The molecule has 6 nitrogen and oxygen atoms in total. The van der Waals surface area contributed by atoms with Crippen molar-refractivity contribution in [1.29, 1.82) is 5.26 Å². The maximum atomic E-state index is 9.44. The molecule has 0 aliphatic carbocycles. The van der Waals surface area contributed by atoms with Gasteiger partial charge in [-0.25, -0.2) is 0 Å². The van der Waals surface area contributed by atoms with Crippen LogP contribution >= 0.6 is 0 Å². The zero-order chi connectivity index (χ0) is 16.2. The first kappa shape index (κ1) is 15.5. The minimum absolute atomic E-state index is 0.148. The van der Waals surface area contributed by atoms with E-state index in [1.54, 1.807) is 0 Å². The average Bonchev–Trinajstić information content (AvgIpc) is 3.00. The van der Waals surface area contributed by atoms with Crippen LogP contribution in [0.2, 0.25) is 0 Å². The SMILES string of the molecule is Cc1cccc(-n2nc(C#N)c(N3CCCCC3CCO)n2)c1. The smallest absolute Gasteiger partial charge is 0.207 e. The maximum absolute atomic E-state index is 9.44. The van der Waals surface area contributed by atoms with Gasteiger partial charge in [0.25, 0.3) is 0 Å². The van der Waals surface area contributed by atoms with Gasteiger partial charge in [0.2, 0.25) is 5.69 Å². The lowest BCUT2D eigenvalue weighted by molar-refractivity contribution is 0.262. The number of benzene rings is 1. The molecule has 0 bridgehead atoms. The molecule has 1 aromatic heterocycles. The first-order valence-electron chi connectivity index (χ1n) is 8.05. The van der Waals surface area contributed by atoms with Gasteiger partial charge in [-0.3, -0.25) is 0 Å². The molecular weight excluding hydrogens is 290 g/mol. The molecule has 120 valence electrons. The van der Waals surface area contributed by atoms with Crippen molar-refractivity contribution in [3.63, 3.8) is 0 Å². The van der Waals surface area contributed by atoms with E-state index in [2.05, 4.69) is 21.2 Å². The Morgan fingerprint density at radius 3 is 2.96 bits per heavy atom. The van der Waals surface area contributed by atoms with Crippen molar-refractivity contribution < 1.29 is 5.11 Å². The van der Waals surface area contributed by atoms with E-state index in [4.69, 9.17) is 0 Å². The van der Waals surface area contributed by atoms with Crippen LogP contribution in [-0.4, -0.2) is 39.3 Å². The Morgan fingerprint density at radius 2 is 2.22 bits per heavy atom. The van der Waals surface area contributed by atoms with E-state index in [0.29, 0.717) is 17.9 Å². The monoisotopic (exact) mass is 311 g/mol. The second-order valence-corrected chi connectivity index (χ2v) is 5.97. The fourth-order valence-electron chi connectivity index (χ4n) is 3.16. The van der Waals surface area contributed by atoms with Gasteiger partial charge >= 0.3 is 0 Å². The van der Waals surface area contributed by atoms with Crippen LogP contribution in [-0.2, 0) is 0 Å². The fourth-order valence-corrected chi connectivity index (χ4v) is 3.16. The zero-order valence-corrected chi connectivity index (χ0v) is 13.3. The Kier molecular flexibility index (Phi) is 4.58. The van der Waals surface area contributed by atoms with E-state index in [-0.39, 0.29) is 12.6 Å². The van der Waals surface area contributed by atoms with Crippen molar-refractivity contribution in [2.24, 2.45) is 0 Å². The molecular formula is C17H21N5O. The Hall–Kier alpha value is -2.39. The molecule has 1 aliphatic heterocycles. The van der Waals surface area contributed by atoms with Gasteiger partial charge in [0.1, 0.15) is 6.07 Å². The molecule has 1 aromatic carbocycles. The largest absolute Gasteiger partial charge is 0.396 e. The van der Waals surface area contributed by atoms with Crippen molar-refractivity contribution in [1.82, 2.24) is 15.0 Å². The van der Waals surface area contributed by atoms with Gasteiger partial charge in [0.15, 0.2) is 5.82 Å². The Morgan fingerprint density at radius 1 is 1.35 bits per heavy atom.